The van der Waals surface area contributed by atoms with Crippen LogP contribution in [-0.4, -0.2) is 45.2 Å². The lowest BCUT2D eigenvalue weighted by Gasteiger charge is -2.15. The third-order valence-corrected chi connectivity index (χ3v) is 7.19. The lowest BCUT2D eigenvalue weighted by molar-refractivity contribution is -0.122. The summed E-state index contributed by atoms with van der Waals surface area (Å²) in [6.45, 7) is 27.5. The Balaban J connectivity index is 0. The molecule has 282 valence electrons. The zero-order valence-corrected chi connectivity index (χ0v) is 33.0. The van der Waals surface area contributed by atoms with Crippen molar-refractivity contribution in [1.82, 2.24) is 9.97 Å². The summed E-state index contributed by atoms with van der Waals surface area (Å²) in [4.78, 5) is 31.3. The number of aryl methyl sites for hydroxylation is 3. The molecule has 0 aliphatic rings. The van der Waals surface area contributed by atoms with Gasteiger partial charge in [0.1, 0.15) is 11.5 Å². The number of Topliss-reactive ketones (excluding diaryl/α,β-unsaturated/α-hetero) is 1. The maximum Gasteiger partial charge on any atom is 0.290 e. The van der Waals surface area contributed by atoms with Crippen molar-refractivity contribution < 1.29 is 24.2 Å². The molecule has 0 spiro atoms. The number of carbonyl (C=O) groups is 2. The number of allylic oxidation sites excluding steroid dienone is 2. The fourth-order valence-corrected chi connectivity index (χ4v) is 4.65. The van der Waals surface area contributed by atoms with Gasteiger partial charge >= 0.3 is 0 Å². The number of aromatic hydroxyl groups is 1. The van der Waals surface area contributed by atoms with Gasteiger partial charge < -0.3 is 20.5 Å². The Hall–Kier alpha value is -4.79. The van der Waals surface area contributed by atoms with Crippen LogP contribution < -0.4 is 5.32 Å². The SMILES string of the molecule is C=C(c1nc(CC)c(CCC)[nH]1)c1ccc(-c2cc(F)c(O)cc2CC)cc1NC.C=CC(=NC=C(C)C)C(C)=O.CC.CCCCC.O=CO. The van der Waals surface area contributed by atoms with Crippen LogP contribution in [0.25, 0.3) is 16.7 Å². The normalized spacial score (nSPS) is 9.92. The molecule has 3 aromatic rings. The molecule has 4 N–H and O–H groups in total. The van der Waals surface area contributed by atoms with Gasteiger partial charge in [-0.2, -0.15) is 0 Å². The zero-order chi connectivity index (χ0) is 39.5. The molecule has 1 aromatic heterocycles. The Morgan fingerprint density at radius 2 is 1.63 bits per heavy atom. The first-order valence-corrected chi connectivity index (χ1v) is 17.9. The topological polar surface area (TPSA) is 128 Å². The second-order valence-electron chi connectivity index (χ2n) is 11.4. The summed E-state index contributed by atoms with van der Waals surface area (Å²) in [6.07, 6.45) is 10.8. The van der Waals surface area contributed by atoms with Crippen molar-refractivity contribution in [1.29, 1.82) is 0 Å². The second kappa shape index (κ2) is 28.0. The fraction of sp³-hybridized carbons (Fsp3) is 0.429. The molecule has 0 bridgehead atoms. The summed E-state index contributed by atoms with van der Waals surface area (Å²) >= 11 is 0. The number of benzene rings is 2. The monoisotopic (exact) mass is 706 g/mol. The first-order valence-electron chi connectivity index (χ1n) is 17.9. The van der Waals surface area contributed by atoms with Crippen LogP contribution in [0.3, 0.4) is 0 Å². The predicted molar refractivity (Wildman–Crippen MR) is 216 cm³/mol. The highest BCUT2D eigenvalue weighted by Crippen LogP contribution is 2.35. The van der Waals surface area contributed by atoms with Gasteiger partial charge in [-0.25, -0.2) is 9.37 Å². The molecule has 9 heteroatoms. The number of H-pyrrole nitrogens is 1. The number of anilines is 1. The van der Waals surface area contributed by atoms with E-state index in [0.29, 0.717) is 12.1 Å². The van der Waals surface area contributed by atoms with Gasteiger partial charge in [-0.05, 0) is 74.1 Å². The fourth-order valence-electron chi connectivity index (χ4n) is 4.65. The van der Waals surface area contributed by atoms with Crippen molar-refractivity contribution >= 4 is 29.2 Å². The number of aromatic amines is 1. The van der Waals surface area contributed by atoms with E-state index in [9.17, 15) is 14.3 Å². The number of carbonyl (C=O) groups excluding carboxylic acids is 1. The van der Waals surface area contributed by atoms with Gasteiger partial charge in [-0.1, -0.05) is 105 Å². The van der Waals surface area contributed by atoms with Gasteiger partial charge in [0.2, 0.25) is 0 Å². The number of aliphatic imine (C=N–C) groups is 1. The minimum atomic E-state index is -0.618. The number of nitrogens with one attached hydrogen (secondary N) is 2. The molecule has 2 aromatic carbocycles. The Morgan fingerprint density at radius 3 is 2.06 bits per heavy atom. The van der Waals surface area contributed by atoms with Crippen LogP contribution in [0.5, 0.6) is 5.75 Å². The number of imidazole rings is 1. The van der Waals surface area contributed by atoms with Crippen molar-refractivity contribution in [3.05, 3.63) is 95.5 Å². The molecule has 8 nitrogen and oxygen atoms in total. The van der Waals surface area contributed by atoms with Crippen molar-refractivity contribution in [2.24, 2.45) is 4.99 Å². The Bertz CT molecular complexity index is 1560. The first kappa shape index (κ1) is 48.3. The summed E-state index contributed by atoms with van der Waals surface area (Å²) in [5.41, 5.74) is 8.92. The standard InChI is InChI=1S/C25H30FN3O.C9H13NO.C5H12.C2H6.CH2O2/c1-6-9-22-21(8-3)28-25(29-22)15(4)18-11-10-17(12-23(18)27-5)19-14-20(26)24(30)13-16(19)7-2;1-5-9(8(4)11)10-6-7(2)3;1-3-5-4-2;1-2;2-1-3/h10-14,27,30H,4,6-9H2,1-3,5H3,(H,28,29);5-6H,1H2,2-4H3;3-5H2,1-2H3;1-2H3;1H,(H,2,3). The van der Waals surface area contributed by atoms with Crippen molar-refractivity contribution in [3.8, 4) is 16.9 Å². The van der Waals surface area contributed by atoms with Gasteiger partial charge in [-0.15, -0.1) is 0 Å². The van der Waals surface area contributed by atoms with E-state index >= 15 is 0 Å². The van der Waals surface area contributed by atoms with E-state index in [1.165, 1.54) is 50.1 Å². The molecule has 0 atom stereocenters. The summed E-state index contributed by atoms with van der Waals surface area (Å²) in [7, 11) is 1.86. The van der Waals surface area contributed by atoms with Crippen LogP contribution >= 0.6 is 0 Å². The van der Waals surface area contributed by atoms with Crippen LogP contribution in [0.15, 0.2) is 66.3 Å². The van der Waals surface area contributed by atoms with Crippen molar-refractivity contribution in [2.45, 2.75) is 114 Å². The predicted octanol–water partition coefficient (Wildman–Crippen LogP) is 11.2. The van der Waals surface area contributed by atoms with E-state index in [1.807, 2.05) is 59.9 Å². The van der Waals surface area contributed by atoms with E-state index in [1.54, 1.807) is 6.20 Å². The van der Waals surface area contributed by atoms with Crippen LogP contribution in [0.2, 0.25) is 0 Å². The van der Waals surface area contributed by atoms with E-state index in [0.717, 1.165) is 69.9 Å². The molecule has 0 amide bonds. The van der Waals surface area contributed by atoms with Gasteiger partial charge in [0.05, 0.1) is 5.69 Å². The van der Waals surface area contributed by atoms with E-state index < -0.39 is 5.82 Å². The Labute approximate surface area is 306 Å². The van der Waals surface area contributed by atoms with Crippen molar-refractivity contribution in [3.63, 3.8) is 0 Å². The second-order valence-corrected chi connectivity index (χ2v) is 11.4. The van der Waals surface area contributed by atoms with E-state index in [2.05, 4.69) is 56.1 Å². The summed E-state index contributed by atoms with van der Waals surface area (Å²) in [5, 5.41) is 19.8. The lowest BCUT2D eigenvalue weighted by Crippen LogP contribution is -2.04. The molecule has 0 aliphatic heterocycles. The van der Waals surface area contributed by atoms with Gasteiger partial charge in [-0.3, -0.25) is 14.6 Å². The highest BCUT2D eigenvalue weighted by Gasteiger charge is 2.16. The molecule has 0 unspecified atom stereocenters. The molecule has 0 aliphatic carbocycles. The van der Waals surface area contributed by atoms with Crippen molar-refractivity contribution in [2.75, 3.05) is 12.4 Å². The van der Waals surface area contributed by atoms with Crippen LogP contribution in [0.4, 0.5) is 10.1 Å². The summed E-state index contributed by atoms with van der Waals surface area (Å²) < 4.78 is 14.0. The summed E-state index contributed by atoms with van der Waals surface area (Å²) in [5.74, 6) is -0.211. The number of hydrogen-bond acceptors (Lipinski definition) is 6. The maximum absolute atomic E-state index is 14.0. The molecule has 51 heavy (non-hydrogen) atoms. The number of phenols is 1. The highest BCUT2D eigenvalue weighted by molar-refractivity contribution is 6.43. The molecular weight excluding hydrogens is 643 g/mol. The number of carboxylic acid groups (broad SMARTS) is 1. The maximum atomic E-state index is 14.0. The minimum absolute atomic E-state index is 0.0579. The number of rotatable bonds is 13. The molecular formula is C42H63FN4O4. The number of unbranched alkanes of at least 4 members (excludes halogenated alkanes) is 2. The smallest absolute Gasteiger partial charge is 0.290 e. The molecule has 0 radical (unpaired) electrons. The zero-order valence-electron chi connectivity index (χ0n) is 33.0. The Kier molecular flexibility index (Phi) is 26.5. The number of ketones is 1. The number of phenolic OH excluding ortho intramolecular Hbond substituents is 1. The highest BCUT2D eigenvalue weighted by atomic mass is 19.1. The molecule has 1 heterocycles. The molecule has 0 fully saturated rings. The van der Waals surface area contributed by atoms with Crippen LogP contribution in [-0.2, 0) is 28.9 Å². The third-order valence-electron chi connectivity index (χ3n) is 7.19. The van der Waals surface area contributed by atoms with Crippen LogP contribution in [0, 0.1) is 5.82 Å². The van der Waals surface area contributed by atoms with Gasteiger partial charge in [0.15, 0.2) is 17.3 Å². The average molecular weight is 707 g/mol. The third kappa shape index (κ3) is 17.1. The van der Waals surface area contributed by atoms with E-state index in [4.69, 9.17) is 14.9 Å². The lowest BCUT2D eigenvalue weighted by atomic mass is 9.94. The minimum Gasteiger partial charge on any atom is -0.505 e. The van der Waals surface area contributed by atoms with E-state index in [-0.39, 0.29) is 18.0 Å². The van der Waals surface area contributed by atoms with Crippen LogP contribution in [0.1, 0.15) is 123 Å². The number of aromatic nitrogens is 2. The number of hydrogen-bond donors (Lipinski definition) is 4. The number of nitrogens with zero attached hydrogens (tertiary/aromatic N) is 2. The number of halogens is 1. The Morgan fingerprint density at radius 1 is 1.02 bits per heavy atom. The quantitative estimate of drug-likeness (QED) is 0.103. The summed E-state index contributed by atoms with van der Waals surface area (Å²) in [6, 6.07) is 8.84. The molecule has 0 saturated heterocycles. The molecule has 3 rings (SSSR count). The average Bonchev–Trinajstić information content (AvgIpc) is 3.54. The van der Waals surface area contributed by atoms with Gasteiger partial charge in [0.25, 0.3) is 6.47 Å². The first-order chi connectivity index (χ1) is 24.3. The molecule has 0 saturated carbocycles. The largest absolute Gasteiger partial charge is 0.505 e. The van der Waals surface area contributed by atoms with Gasteiger partial charge in [0, 0.05) is 42.7 Å².